The molecule has 1 heterocycles. The van der Waals surface area contributed by atoms with Gasteiger partial charge in [0.15, 0.2) is 0 Å². The van der Waals surface area contributed by atoms with E-state index in [0.29, 0.717) is 13.0 Å². The number of aliphatic hydroxyl groups excluding tert-OH is 1. The first-order valence-electron chi connectivity index (χ1n) is 4.74. The number of hydrogen-bond acceptors (Lipinski definition) is 4. The first kappa shape index (κ1) is 11.3. The van der Waals surface area contributed by atoms with Gasteiger partial charge in [-0.25, -0.2) is 4.79 Å². The van der Waals surface area contributed by atoms with Crippen LogP contribution in [0.15, 0.2) is 0 Å². The summed E-state index contributed by atoms with van der Waals surface area (Å²) >= 11 is 0. The lowest BCUT2D eigenvalue weighted by Gasteiger charge is -2.26. The molecule has 0 aromatic rings. The van der Waals surface area contributed by atoms with Crippen molar-refractivity contribution in [2.24, 2.45) is 5.73 Å². The zero-order valence-electron chi connectivity index (χ0n) is 8.86. The van der Waals surface area contributed by atoms with Gasteiger partial charge < -0.3 is 15.6 Å². The van der Waals surface area contributed by atoms with Crippen LogP contribution in [0.1, 0.15) is 27.2 Å². The Morgan fingerprint density at radius 1 is 1.57 bits per heavy atom. The van der Waals surface area contributed by atoms with Crippen molar-refractivity contribution in [3.63, 3.8) is 0 Å². The highest BCUT2D eigenvalue weighted by Gasteiger charge is 2.35. The second kappa shape index (κ2) is 3.74. The third kappa shape index (κ3) is 2.59. The van der Waals surface area contributed by atoms with Gasteiger partial charge in [0, 0.05) is 6.54 Å². The first-order valence-corrected chi connectivity index (χ1v) is 4.74. The average Bonchev–Trinajstić information content (AvgIpc) is 2.29. The van der Waals surface area contributed by atoms with E-state index in [9.17, 15) is 9.90 Å². The van der Waals surface area contributed by atoms with Crippen molar-refractivity contribution in [3.05, 3.63) is 0 Å². The lowest BCUT2D eigenvalue weighted by Crippen LogP contribution is -2.44. The predicted octanol–water partition coefficient (Wildman–Crippen LogP) is 0.273. The highest BCUT2D eigenvalue weighted by atomic mass is 16.6. The SMILES string of the molecule is CC(C)(C)OC(=O)N1CCC(N)C1O. The van der Waals surface area contributed by atoms with Gasteiger partial charge in [-0.1, -0.05) is 0 Å². The van der Waals surface area contributed by atoms with Crippen molar-refractivity contribution in [3.8, 4) is 0 Å². The van der Waals surface area contributed by atoms with Gasteiger partial charge in [0.1, 0.15) is 11.8 Å². The molecule has 5 heteroatoms. The Morgan fingerprint density at radius 3 is 2.50 bits per heavy atom. The molecule has 0 bridgehead atoms. The normalized spacial score (nSPS) is 27.9. The van der Waals surface area contributed by atoms with E-state index in [4.69, 9.17) is 10.5 Å². The number of hydrogen-bond donors (Lipinski definition) is 2. The highest BCUT2D eigenvalue weighted by Crippen LogP contribution is 2.18. The van der Waals surface area contributed by atoms with Crippen molar-refractivity contribution >= 4 is 6.09 Å². The number of aliphatic hydroxyl groups is 1. The van der Waals surface area contributed by atoms with E-state index >= 15 is 0 Å². The van der Waals surface area contributed by atoms with E-state index in [1.165, 1.54) is 4.90 Å². The average molecular weight is 202 g/mol. The van der Waals surface area contributed by atoms with Gasteiger partial charge in [-0.05, 0) is 27.2 Å². The van der Waals surface area contributed by atoms with Crippen molar-refractivity contribution in [1.29, 1.82) is 0 Å². The summed E-state index contributed by atoms with van der Waals surface area (Å²) in [6, 6.07) is -0.359. The molecule has 1 fully saturated rings. The molecule has 14 heavy (non-hydrogen) atoms. The quantitative estimate of drug-likeness (QED) is 0.591. The van der Waals surface area contributed by atoms with Crippen molar-refractivity contribution in [2.75, 3.05) is 6.54 Å². The lowest BCUT2D eigenvalue weighted by atomic mass is 10.2. The largest absolute Gasteiger partial charge is 0.444 e. The van der Waals surface area contributed by atoms with Gasteiger partial charge in [0.2, 0.25) is 0 Å². The van der Waals surface area contributed by atoms with E-state index < -0.39 is 17.9 Å². The van der Waals surface area contributed by atoms with E-state index in [-0.39, 0.29) is 6.04 Å². The monoisotopic (exact) mass is 202 g/mol. The molecule has 0 aromatic carbocycles. The summed E-state index contributed by atoms with van der Waals surface area (Å²) in [5.41, 5.74) is 5.03. The Balaban J connectivity index is 2.54. The molecule has 5 nitrogen and oxygen atoms in total. The Hall–Kier alpha value is -0.810. The number of rotatable bonds is 0. The highest BCUT2D eigenvalue weighted by molar-refractivity contribution is 5.68. The van der Waals surface area contributed by atoms with Gasteiger partial charge in [0.05, 0.1) is 6.04 Å². The summed E-state index contributed by atoms with van der Waals surface area (Å²) in [7, 11) is 0. The van der Waals surface area contributed by atoms with Crippen molar-refractivity contribution in [2.45, 2.75) is 45.1 Å². The molecule has 1 aliphatic heterocycles. The summed E-state index contributed by atoms with van der Waals surface area (Å²) in [5.74, 6) is 0. The number of amides is 1. The summed E-state index contributed by atoms with van der Waals surface area (Å²) in [6.45, 7) is 5.81. The molecule has 0 saturated carbocycles. The molecule has 3 N–H and O–H groups in total. The molecule has 82 valence electrons. The van der Waals surface area contributed by atoms with E-state index in [2.05, 4.69) is 0 Å². The Kier molecular flexibility index (Phi) is 3.01. The van der Waals surface area contributed by atoms with Crippen LogP contribution in [-0.2, 0) is 4.74 Å². The first-order chi connectivity index (χ1) is 6.31. The standard InChI is InChI=1S/C9H18N2O3/c1-9(2,3)14-8(13)11-5-4-6(10)7(11)12/h6-7,12H,4-5,10H2,1-3H3. The molecule has 0 aliphatic carbocycles. The minimum atomic E-state index is -0.912. The number of ether oxygens (including phenoxy) is 1. The predicted molar refractivity (Wildman–Crippen MR) is 51.5 cm³/mol. The second-order valence-electron chi connectivity index (χ2n) is 4.54. The molecule has 1 amide bonds. The minimum Gasteiger partial charge on any atom is -0.444 e. The van der Waals surface area contributed by atoms with Crippen LogP contribution in [0.2, 0.25) is 0 Å². The van der Waals surface area contributed by atoms with Crippen LogP contribution >= 0.6 is 0 Å². The molecule has 1 rings (SSSR count). The summed E-state index contributed by atoms with van der Waals surface area (Å²) < 4.78 is 5.11. The molecular formula is C9H18N2O3. The number of nitrogens with two attached hydrogens (primary N) is 1. The van der Waals surface area contributed by atoms with Crippen LogP contribution < -0.4 is 5.73 Å². The maximum absolute atomic E-state index is 11.5. The van der Waals surface area contributed by atoms with E-state index in [0.717, 1.165) is 0 Å². The summed E-state index contributed by atoms with van der Waals surface area (Å²) in [4.78, 5) is 12.8. The number of likely N-dealkylation sites (tertiary alicyclic amines) is 1. The molecule has 0 spiro atoms. The maximum Gasteiger partial charge on any atom is 0.412 e. The van der Waals surface area contributed by atoms with Crippen LogP contribution in [0.5, 0.6) is 0 Å². The zero-order valence-corrected chi connectivity index (χ0v) is 8.86. The summed E-state index contributed by atoms with van der Waals surface area (Å²) in [6.07, 6.45) is -0.803. The van der Waals surface area contributed by atoms with Crippen LogP contribution in [0.4, 0.5) is 4.79 Å². The molecule has 2 unspecified atom stereocenters. The fourth-order valence-electron chi connectivity index (χ4n) is 1.32. The van der Waals surface area contributed by atoms with Gasteiger partial charge >= 0.3 is 6.09 Å². The molecule has 0 aromatic heterocycles. The van der Waals surface area contributed by atoms with E-state index in [1.54, 1.807) is 20.8 Å². The summed E-state index contributed by atoms with van der Waals surface area (Å²) in [5, 5.41) is 9.52. The Morgan fingerprint density at radius 2 is 2.14 bits per heavy atom. The minimum absolute atomic E-state index is 0.359. The number of carbonyl (C=O) groups excluding carboxylic acids is 1. The van der Waals surface area contributed by atoms with Crippen molar-refractivity contribution < 1.29 is 14.6 Å². The third-order valence-electron chi connectivity index (χ3n) is 2.03. The molecule has 0 radical (unpaired) electrons. The van der Waals surface area contributed by atoms with Gasteiger partial charge in [-0.2, -0.15) is 0 Å². The molecular weight excluding hydrogens is 184 g/mol. The topological polar surface area (TPSA) is 75.8 Å². The Labute approximate surface area is 83.8 Å². The van der Waals surface area contributed by atoms with Crippen LogP contribution in [0.25, 0.3) is 0 Å². The number of carbonyl (C=O) groups is 1. The number of nitrogens with zero attached hydrogens (tertiary/aromatic N) is 1. The van der Waals surface area contributed by atoms with Crippen molar-refractivity contribution in [1.82, 2.24) is 4.90 Å². The molecule has 1 saturated heterocycles. The fraction of sp³-hybridized carbons (Fsp3) is 0.889. The van der Waals surface area contributed by atoms with Crippen LogP contribution in [0.3, 0.4) is 0 Å². The Bertz CT molecular complexity index is 225. The zero-order chi connectivity index (χ0) is 10.9. The van der Waals surface area contributed by atoms with Crippen LogP contribution in [0, 0.1) is 0 Å². The molecule has 1 aliphatic rings. The van der Waals surface area contributed by atoms with Gasteiger partial charge in [0.25, 0.3) is 0 Å². The smallest absolute Gasteiger partial charge is 0.412 e. The third-order valence-corrected chi connectivity index (χ3v) is 2.03. The van der Waals surface area contributed by atoms with Gasteiger partial charge in [-0.15, -0.1) is 0 Å². The van der Waals surface area contributed by atoms with Gasteiger partial charge in [-0.3, -0.25) is 4.90 Å². The lowest BCUT2D eigenvalue weighted by molar-refractivity contribution is -0.0166. The second-order valence-corrected chi connectivity index (χ2v) is 4.54. The molecule has 2 atom stereocenters. The van der Waals surface area contributed by atoms with Crippen LogP contribution in [-0.4, -0.2) is 40.5 Å². The van der Waals surface area contributed by atoms with E-state index in [1.807, 2.05) is 0 Å². The fourth-order valence-corrected chi connectivity index (χ4v) is 1.32. The maximum atomic E-state index is 11.5.